The van der Waals surface area contributed by atoms with E-state index in [2.05, 4.69) is 33.4 Å². The van der Waals surface area contributed by atoms with Gasteiger partial charge in [-0.3, -0.25) is 0 Å². The molecule has 4 atom stereocenters. The van der Waals surface area contributed by atoms with Gasteiger partial charge in [-0.25, -0.2) is 0 Å². The molecule has 0 spiro atoms. The minimum atomic E-state index is 0.0982. The zero-order valence-corrected chi connectivity index (χ0v) is 12.6. The van der Waals surface area contributed by atoms with Gasteiger partial charge in [0, 0.05) is 5.92 Å². The molecule has 108 valence electrons. The van der Waals surface area contributed by atoms with Gasteiger partial charge in [-0.2, -0.15) is 0 Å². The Labute approximate surface area is 121 Å². The fourth-order valence-corrected chi connectivity index (χ4v) is 4.42. The molecule has 20 heavy (non-hydrogen) atoms. The largest absolute Gasteiger partial charge is 0.508 e. The zero-order valence-electron chi connectivity index (χ0n) is 12.6. The average Bonchev–Trinajstić information content (AvgIpc) is 2.57. The normalized spacial score (nSPS) is 38.6. The van der Waals surface area contributed by atoms with Gasteiger partial charge in [-0.15, -0.1) is 6.58 Å². The van der Waals surface area contributed by atoms with E-state index in [1.54, 1.807) is 12.1 Å². The van der Waals surface area contributed by atoms with E-state index in [1.165, 1.54) is 5.56 Å². The molecule has 0 unspecified atom stereocenters. The summed E-state index contributed by atoms with van der Waals surface area (Å²) >= 11 is 0. The third kappa shape index (κ3) is 1.81. The van der Waals surface area contributed by atoms with Crippen molar-refractivity contribution in [2.75, 3.05) is 0 Å². The predicted octanol–water partition coefficient (Wildman–Crippen LogP) is 4.46. The number of rotatable bonds is 2. The molecule has 0 aromatic heterocycles. The smallest absolute Gasteiger partial charge is 0.115 e. The molecule has 2 heteroatoms. The van der Waals surface area contributed by atoms with Crippen molar-refractivity contribution in [2.45, 2.75) is 45.8 Å². The van der Waals surface area contributed by atoms with Crippen molar-refractivity contribution < 1.29 is 9.84 Å². The second kappa shape index (κ2) is 4.36. The lowest BCUT2D eigenvalue weighted by molar-refractivity contribution is 0.00924. The first kappa shape index (κ1) is 13.7. The van der Waals surface area contributed by atoms with Crippen molar-refractivity contribution in [1.29, 1.82) is 0 Å². The number of fused-ring (bicyclic) bond motifs is 2. The van der Waals surface area contributed by atoms with Crippen LogP contribution in [0.25, 0.3) is 0 Å². The number of hydrogen-bond acceptors (Lipinski definition) is 2. The van der Waals surface area contributed by atoms with Crippen LogP contribution in [-0.2, 0) is 4.74 Å². The first-order valence-electron chi connectivity index (χ1n) is 7.46. The van der Waals surface area contributed by atoms with Crippen molar-refractivity contribution in [1.82, 2.24) is 0 Å². The fourth-order valence-electron chi connectivity index (χ4n) is 4.42. The molecule has 1 N–H and O–H groups in total. The van der Waals surface area contributed by atoms with Gasteiger partial charge < -0.3 is 9.84 Å². The second-order valence-electron chi connectivity index (χ2n) is 7.18. The quantitative estimate of drug-likeness (QED) is 0.805. The van der Waals surface area contributed by atoms with Gasteiger partial charge in [0.1, 0.15) is 5.75 Å². The summed E-state index contributed by atoms with van der Waals surface area (Å²) in [4.78, 5) is 0. The van der Waals surface area contributed by atoms with Crippen LogP contribution in [0.1, 0.15) is 45.3 Å². The molecule has 1 aliphatic heterocycles. The summed E-state index contributed by atoms with van der Waals surface area (Å²) in [7, 11) is 0. The van der Waals surface area contributed by atoms with E-state index in [1.807, 2.05) is 12.1 Å². The summed E-state index contributed by atoms with van der Waals surface area (Å²) in [6, 6.07) is 7.47. The SMILES string of the molecule is C=C[C@]1(C)CC[C@H]2O[C@H](c3ccc(O)cc3)[C@@H]1C2(C)C. The van der Waals surface area contributed by atoms with E-state index >= 15 is 0 Å². The summed E-state index contributed by atoms with van der Waals surface area (Å²) in [6.45, 7) is 11.0. The van der Waals surface area contributed by atoms with E-state index in [0.717, 1.165) is 12.8 Å². The van der Waals surface area contributed by atoms with Crippen molar-refractivity contribution in [3.8, 4) is 5.75 Å². The molecule has 1 aromatic carbocycles. The molecule has 1 heterocycles. The summed E-state index contributed by atoms with van der Waals surface area (Å²) < 4.78 is 6.39. The Morgan fingerprint density at radius 1 is 1.25 bits per heavy atom. The number of phenolic OH excluding ortho intramolecular Hbond substituents is 1. The van der Waals surface area contributed by atoms with Gasteiger partial charge in [-0.05, 0) is 41.4 Å². The van der Waals surface area contributed by atoms with E-state index < -0.39 is 0 Å². The van der Waals surface area contributed by atoms with Crippen molar-refractivity contribution in [2.24, 2.45) is 16.7 Å². The predicted molar refractivity (Wildman–Crippen MR) is 80.5 cm³/mol. The molecule has 2 nitrogen and oxygen atoms in total. The lowest BCUT2D eigenvalue weighted by Crippen LogP contribution is -2.44. The number of phenols is 1. The van der Waals surface area contributed by atoms with E-state index in [0.29, 0.717) is 17.8 Å². The summed E-state index contributed by atoms with van der Waals surface area (Å²) in [5.41, 5.74) is 1.43. The average molecular weight is 272 g/mol. The van der Waals surface area contributed by atoms with Gasteiger partial charge in [0.05, 0.1) is 12.2 Å². The van der Waals surface area contributed by atoms with Gasteiger partial charge in [-0.1, -0.05) is 39.0 Å². The highest BCUT2D eigenvalue weighted by molar-refractivity contribution is 5.30. The van der Waals surface area contributed by atoms with Crippen LogP contribution in [0.15, 0.2) is 36.9 Å². The topological polar surface area (TPSA) is 29.5 Å². The minimum Gasteiger partial charge on any atom is -0.508 e. The van der Waals surface area contributed by atoms with Crippen LogP contribution in [0.4, 0.5) is 0 Å². The highest BCUT2D eigenvalue weighted by atomic mass is 16.5. The zero-order chi connectivity index (χ0) is 14.5. The third-order valence-corrected chi connectivity index (χ3v) is 5.59. The molecule has 1 saturated carbocycles. The van der Waals surface area contributed by atoms with Crippen LogP contribution >= 0.6 is 0 Å². The Bertz CT molecular complexity index is 517. The summed E-state index contributed by atoms with van der Waals surface area (Å²) in [6.07, 6.45) is 4.78. The van der Waals surface area contributed by atoms with Gasteiger partial charge in [0.2, 0.25) is 0 Å². The fraction of sp³-hybridized carbons (Fsp3) is 0.556. The Hall–Kier alpha value is -1.28. The molecular weight excluding hydrogens is 248 g/mol. The molecule has 2 aliphatic rings. The molecule has 1 saturated heterocycles. The minimum absolute atomic E-state index is 0.0982. The van der Waals surface area contributed by atoms with E-state index in [9.17, 15) is 5.11 Å². The Morgan fingerprint density at radius 2 is 1.90 bits per heavy atom. The number of hydrogen-bond donors (Lipinski definition) is 1. The lowest BCUT2D eigenvalue weighted by Gasteiger charge is -2.47. The molecule has 3 rings (SSSR count). The van der Waals surface area contributed by atoms with Crippen LogP contribution in [0.2, 0.25) is 0 Å². The number of ether oxygens (including phenoxy) is 1. The highest BCUT2D eigenvalue weighted by Crippen LogP contribution is 2.63. The monoisotopic (exact) mass is 272 g/mol. The summed E-state index contributed by atoms with van der Waals surface area (Å²) in [5.74, 6) is 0.733. The van der Waals surface area contributed by atoms with E-state index in [-0.39, 0.29) is 16.9 Å². The molecule has 2 bridgehead atoms. The van der Waals surface area contributed by atoms with E-state index in [4.69, 9.17) is 4.74 Å². The second-order valence-corrected chi connectivity index (χ2v) is 7.18. The first-order chi connectivity index (χ1) is 9.38. The van der Waals surface area contributed by atoms with Crippen molar-refractivity contribution >= 4 is 0 Å². The van der Waals surface area contributed by atoms with Crippen LogP contribution in [0.5, 0.6) is 5.75 Å². The molecule has 1 aliphatic carbocycles. The van der Waals surface area contributed by atoms with Crippen LogP contribution in [0, 0.1) is 16.7 Å². The number of allylic oxidation sites excluding steroid dienone is 1. The maximum Gasteiger partial charge on any atom is 0.115 e. The van der Waals surface area contributed by atoms with Gasteiger partial charge >= 0.3 is 0 Å². The lowest BCUT2D eigenvalue weighted by atomic mass is 9.55. The molecule has 1 aromatic rings. The Kier molecular flexibility index (Phi) is 2.98. The number of aromatic hydroxyl groups is 1. The van der Waals surface area contributed by atoms with Crippen LogP contribution in [-0.4, -0.2) is 11.2 Å². The van der Waals surface area contributed by atoms with Crippen LogP contribution in [0.3, 0.4) is 0 Å². The first-order valence-corrected chi connectivity index (χ1v) is 7.46. The maximum absolute atomic E-state index is 9.48. The Balaban J connectivity index is 2.04. The molecular formula is C18H24O2. The highest BCUT2D eigenvalue weighted by Gasteiger charge is 2.59. The van der Waals surface area contributed by atoms with Crippen molar-refractivity contribution in [3.63, 3.8) is 0 Å². The third-order valence-electron chi connectivity index (χ3n) is 5.59. The van der Waals surface area contributed by atoms with Gasteiger partial charge in [0.15, 0.2) is 0 Å². The molecule has 0 radical (unpaired) electrons. The Morgan fingerprint density at radius 3 is 2.50 bits per heavy atom. The molecule has 0 amide bonds. The molecule has 2 fully saturated rings. The van der Waals surface area contributed by atoms with Crippen molar-refractivity contribution in [3.05, 3.63) is 42.5 Å². The standard InChI is InChI=1S/C18H24O2/c1-5-18(4)11-10-14-17(2,3)16(18)15(20-14)12-6-8-13(19)9-7-12/h5-9,14-16,19H,1,10-11H2,2-4H3/t14-,15-,16-,18-/m1/s1. The number of benzene rings is 1. The summed E-state index contributed by atoms with van der Waals surface area (Å²) in [5, 5.41) is 9.48. The maximum atomic E-state index is 9.48. The van der Waals surface area contributed by atoms with Gasteiger partial charge in [0.25, 0.3) is 0 Å². The van der Waals surface area contributed by atoms with Crippen LogP contribution < -0.4 is 0 Å².